The molecule has 0 unspecified atom stereocenters. The molecule has 1 amide bonds. The van der Waals surface area contributed by atoms with Crippen LogP contribution in [0.25, 0.3) is 17.3 Å². The summed E-state index contributed by atoms with van der Waals surface area (Å²) < 4.78 is 7.00. The van der Waals surface area contributed by atoms with Crippen LogP contribution in [0.2, 0.25) is 0 Å². The number of carbonyl (C=O) groups is 1. The summed E-state index contributed by atoms with van der Waals surface area (Å²) in [6.07, 6.45) is 5.49. The lowest BCUT2D eigenvalue weighted by atomic mass is 10.1. The van der Waals surface area contributed by atoms with E-state index in [4.69, 9.17) is 4.52 Å². The maximum absolute atomic E-state index is 12.8. The van der Waals surface area contributed by atoms with Crippen molar-refractivity contribution in [3.8, 4) is 17.3 Å². The van der Waals surface area contributed by atoms with Crippen molar-refractivity contribution in [2.24, 2.45) is 0 Å². The highest BCUT2D eigenvalue weighted by Crippen LogP contribution is 2.38. The van der Waals surface area contributed by atoms with E-state index >= 15 is 0 Å². The number of hydrogen-bond donors (Lipinski definition) is 1. The highest BCUT2D eigenvalue weighted by atomic mass is 16.5. The van der Waals surface area contributed by atoms with Crippen molar-refractivity contribution in [3.05, 3.63) is 77.5 Å². The van der Waals surface area contributed by atoms with Crippen LogP contribution < -0.4 is 5.32 Å². The Morgan fingerprint density at radius 2 is 1.97 bits per heavy atom. The number of nitrogens with one attached hydrogen (secondary N) is 1. The van der Waals surface area contributed by atoms with Crippen LogP contribution in [0.4, 0.5) is 0 Å². The van der Waals surface area contributed by atoms with Crippen molar-refractivity contribution >= 4 is 5.91 Å². The minimum Gasteiger partial charge on any atom is -0.345 e. The minimum atomic E-state index is -0.171. The average Bonchev–Trinajstić information content (AvgIpc) is 3.40. The molecular weight excluding hydrogens is 392 g/mol. The molecule has 3 aromatic heterocycles. The van der Waals surface area contributed by atoms with E-state index in [1.807, 2.05) is 56.3 Å². The van der Waals surface area contributed by atoms with Crippen LogP contribution in [-0.4, -0.2) is 30.8 Å². The second-order valence-electron chi connectivity index (χ2n) is 7.80. The van der Waals surface area contributed by atoms with E-state index in [9.17, 15) is 4.79 Å². The van der Waals surface area contributed by atoms with Gasteiger partial charge in [-0.3, -0.25) is 4.79 Å². The van der Waals surface area contributed by atoms with E-state index in [2.05, 4.69) is 25.5 Å². The maximum Gasteiger partial charge on any atom is 0.259 e. The molecule has 0 spiro atoms. The first-order valence-electron chi connectivity index (χ1n) is 10.3. The zero-order valence-electron chi connectivity index (χ0n) is 17.3. The van der Waals surface area contributed by atoms with Gasteiger partial charge in [-0.05, 0) is 44.4 Å². The van der Waals surface area contributed by atoms with Gasteiger partial charge in [-0.2, -0.15) is 10.1 Å². The van der Waals surface area contributed by atoms with Crippen molar-refractivity contribution in [1.82, 2.24) is 30.2 Å². The molecule has 0 saturated heterocycles. The standard InChI is InChI=1S/C23H22N6O2/c1-14(16-6-4-3-5-7-16)26-22(30)19-13-25-29(15(19)2)20-11-10-18(12-24-20)23-27-21(28-31-23)17-8-9-17/h3-7,10-14,17H,8-9H2,1-2H3,(H,26,30)/t14-/m0/s1. The molecule has 8 nitrogen and oxygen atoms in total. The Balaban J connectivity index is 1.32. The van der Waals surface area contributed by atoms with E-state index in [1.165, 1.54) is 0 Å². The fourth-order valence-corrected chi connectivity index (χ4v) is 3.46. The molecular formula is C23H22N6O2. The van der Waals surface area contributed by atoms with Crippen LogP contribution in [0.5, 0.6) is 0 Å². The van der Waals surface area contributed by atoms with Gasteiger partial charge in [-0.1, -0.05) is 35.5 Å². The van der Waals surface area contributed by atoms with Gasteiger partial charge in [0.15, 0.2) is 11.6 Å². The summed E-state index contributed by atoms with van der Waals surface area (Å²) in [7, 11) is 0. The fraction of sp³-hybridized carbons (Fsp3) is 0.261. The number of aromatic nitrogens is 5. The van der Waals surface area contributed by atoms with Crippen LogP contribution >= 0.6 is 0 Å². The van der Waals surface area contributed by atoms with Crippen molar-refractivity contribution in [1.29, 1.82) is 0 Å². The van der Waals surface area contributed by atoms with E-state index in [-0.39, 0.29) is 11.9 Å². The zero-order valence-corrected chi connectivity index (χ0v) is 17.3. The molecule has 0 radical (unpaired) electrons. The second kappa shape index (κ2) is 7.79. The third kappa shape index (κ3) is 3.84. The third-order valence-electron chi connectivity index (χ3n) is 5.50. The molecule has 1 N–H and O–H groups in total. The predicted molar refractivity (Wildman–Crippen MR) is 114 cm³/mol. The van der Waals surface area contributed by atoms with Crippen LogP contribution in [0.3, 0.4) is 0 Å². The molecule has 0 aliphatic heterocycles. The lowest BCUT2D eigenvalue weighted by Gasteiger charge is -2.14. The Kier molecular flexibility index (Phi) is 4.82. The van der Waals surface area contributed by atoms with Crippen molar-refractivity contribution in [2.75, 3.05) is 0 Å². The number of rotatable bonds is 6. The quantitative estimate of drug-likeness (QED) is 0.512. The number of carbonyl (C=O) groups excluding carboxylic acids is 1. The molecule has 8 heteroatoms. The van der Waals surface area contributed by atoms with E-state index in [1.54, 1.807) is 17.1 Å². The normalized spacial score (nSPS) is 14.4. The fourth-order valence-electron chi connectivity index (χ4n) is 3.46. The molecule has 0 bridgehead atoms. The Labute approximate surface area is 179 Å². The summed E-state index contributed by atoms with van der Waals surface area (Å²) in [6.45, 7) is 3.81. The molecule has 1 saturated carbocycles. The molecule has 1 aliphatic rings. The van der Waals surface area contributed by atoms with Gasteiger partial charge in [0.1, 0.15) is 0 Å². The van der Waals surface area contributed by atoms with Crippen LogP contribution in [-0.2, 0) is 0 Å². The topological polar surface area (TPSA) is 98.7 Å². The van der Waals surface area contributed by atoms with Crippen LogP contribution in [0.1, 0.15) is 59.2 Å². The summed E-state index contributed by atoms with van der Waals surface area (Å²) in [5, 5.41) is 11.4. The van der Waals surface area contributed by atoms with Crippen LogP contribution in [0.15, 0.2) is 59.4 Å². The number of amides is 1. The van der Waals surface area contributed by atoms with Gasteiger partial charge in [0.2, 0.25) is 0 Å². The Hall–Kier alpha value is -3.81. The number of pyridine rings is 1. The Bertz CT molecular complexity index is 1210. The van der Waals surface area contributed by atoms with Crippen molar-refractivity contribution in [3.63, 3.8) is 0 Å². The molecule has 31 heavy (non-hydrogen) atoms. The van der Waals surface area contributed by atoms with E-state index in [0.29, 0.717) is 28.9 Å². The highest BCUT2D eigenvalue weighted by Gasteiger charge is 2.29. The monoisotopic (exact) mass is 414 g/mol. The summed E-state index contributed by atoms with van der Waals surface area (Å²) in [5.41, 5.74) is 3.03. The van der Waals surface area contributed by atoms with Gasteiger partial charge in [0.05, 0.1) is 29.1 Å². The molecule has 4 aromatic rings. The highest BCUT2D eigenvalue weighted by molar-refractivity contribution is 5.95. The lowest BCUT2D eigenvalue weighted by molar-refractivity contribution is 0.0939. The second-order valence-corrected chi connectivity index (χ2v) is 7.80. The minimum absolute atomic E-state index is 0.108. The Morgan fingerprint density at radius 3 is 2.68 bits per heavy atom. The van der Waals surface area contributed by atoms with Gasteiger partial charge in [0, 0.05) is 12.1 Å². The molecule has 5 rings (SSSR count). The van der Waals surface area contributed by atoms with Gasteiger partial charge < -0.3 is 9.84 Å². The zero-order chi connectivity index (χ0) is 21.4. The van der Waals surface area contributed by atoms with Gasteiger partial charge in [-0.15, -0.1) is 0 Å². The first-order valence-corrected chi connectivity index (χ1v) is 10.3. The molecule has 1 fully saturated rings. The first-order chi connectivity index (χ1) is 15.1. The van der Waals surface area contributed by atoms with Gasteiger partial charge in [-0.25, -0.2) is 9.67 Å². The summed E-state index contributed by atoms with van der Waals surface area (Å²) >= 11 is 0. The third-order valence-corrected chi connectivity index (χ3v) is 5.50. The largest absolute Gasteiger partial charge is 0.345 e. The molecule has 156 valence electrons. The Morgan fingerprint density at radius 1 is 1.16 bits per heavy atom. The van der Waals surface area contributed by atoms with E-state index in [0.717, 1.165) is 29.8 Å². The molecule has 1 aromatic carbocycles. The number of benzene rings is 1. The first kappa shape index (κ1) is 19.2. The van der Waals surface area contributed by atoms with Crippen molar-refractivity contribution < 1.29 is 9.32 Å². The smallest absolute Gasteiger partial charge is 0.259 e. The molecule has 1 atom stereocenters. The molecule has 1 aliphatic carbocycles. The average molecular weight is 414 g/mol. The lowest BCUT2D eigenvalue weighted by Crippen LogP contribution is -2.27. The predicted octanol–water partition coefficient (Wildman–Crippen LogP) is 3.99. The number of nitrogens with zero attached hydrogens (tertiary/aromatic N) is 5. The maximum atomic E-state index is 12.8. The summed E-state index contributed by atoms with van der Waals surface area (Å²) in [4.78, 5) is 21.7. The van der Waals surface area contributed by atoms with Gasteiger partial charge >= 0.3 is 0 Å². The van der Waals surface area contributed by atoms with Crippen molar-refractivity contribution in [2.45, 2.75) is 38.6 Å². The molecule has 3 heterocycles. The number of hydrogen-bond acceptors (Lipinski definition) is 6. The van der Waals surface area contributed by atoms with E-state index < -0.39 is 0 Å². The van der Waals surface area contributed by atoms with Crippen LogP contribution in [0, 0.1) is 6.92 Å². The SMILES string of the molecule is Cc1c(C(=O)N[C@@H](C)c2ccccc2)cnn1-c1ccc(-c2nc(C3CC3)no2)cn1. The summed E-state index contributed by atoms with van der Waals surface area (Å²) in [5.74, 6) is 2.11. The summed E-state index contributed by atoms with van der Waals surface area (Å²) in [6, 6.07) is 13.4. The van der Waals surface area contributed by atoms with Gasteiger partial charge in [0.25, 0.3) is 11.8 Å².